The lowest BCUT2D eigenvalue weighted by Crippen LogP contribution is -2.09. The Bertz CT molecular complexity index is 541. The van der Waals surface area contributed by atoms with Gasteiger partial charge in [0.1, 0.15) is 5.82 Å². The quantitative estimate of drug-likeness (QED) is 0.871. The highest BCUT2D eigenvalue weighted by Gasteiger charge is 2.33. The molecule has 1 aromatic heterocycles. The van der Waals surface area contributed by atoms with Gasteiger partial charge >= 0.3 is 6.18 Å². The van der Waals surface area contributed by atoms with E-state index < -0.39 is 11.7 Å². The third-order valence-corrected chi connectivity index (χ3v) is 2.45. The zero-order valence-corrected chi connectivity index (χ0v) is 9.76. The van der Waals surface area contributed by atoms with Crippen LogP contribution in [0.1, 0.15) is 5.56 Å². The minimum atomic E-state index is -4.47. The van der Waals surface area contributed by atoms with Crippen molar-refractivity contribution in [3.8, 4) is 0 Å². The van der Waals surface area contributed by atoms with Crippen LogP contribution in [-0.4, -0.2) is 4.98 Å². The fourth-order valence-electron chi connectivity index (χ4n) is 1.43. The first-order chi connectivity index (χ1) is 8.47. The van der Waals surface area contributed by atoms with Crippen LogP contribution >= 0.6 is 11.6 Å². The van der Waals surface area contributed by atoms with E-state index >= 15 is 0 Å². The van der Waals surface area contributed by atoms with Crippen molar-refractivity contribution < 1.29 is 13.2 Å². The van der Waals surface area contributed by atoms with Gasteiger partial charge in [-0.1, -0.05) is 17.7 Å². The Morgan fingerprint density at radius 2 is 1.89 bits per heavy atom. The summed E-state index contributed by atoms with van der Waals surface area (Å²) < 4.78 is 38.4. The normalized spacial score (nSPS) is 11.3. The molecule has 2 aromatic rings. The Balaban J connectivity index is 2.39. The predicted molar refractivity (Wildman–Crippen MR) is 64.0 cm³/mol. The first kappa shape index (κ1) is 12.7. The van der Waals surface area contributed by atoms with E-state index in [0.717, 1.165) is 6.07 Å². The Hall–Kier alpha value is -1.75. The number of hydrogen-bond acceptors (Lipinski definition) is 2. The Morgan fingerprint density at radius 3 is 2.50 bits per heavy atom. The van der Waals surface area contributed by atoms with Gasteiger partial charge in [0.2, 0.25) is 0 Å². The highest BCUT2D eigenvalue weighted by molar-refractivity contribution is 6.30. The molecule has 1 N–H and O–H groups in total. The Morgan fingerprint density at radius 1 is 1.11 bits per heavy atom. The molecule has 0 aliphatic carbocycles. The molecule has 0 bridgehead atoms. The van der Waals surface area contributed by atoms with Crippen molar-refractivity contribution in [1.82, 2.24) is 4.98 Å². The zero-order valence-electron chi connectivity index (χ0n) is 9.00. The molecule has 0 spiro atoms. The van der Waals surface area contributed by atoms with Crippen molar-refractivity contribution in [3.05, 3.63) is 53.2 Å². The monoisotopic (exact) mass is 272 g/mol. The molecule has 94 valence electrons. The summed E-state index contributed by atoms with van der Waals surface area (Å²) in [6, 6.07) is 8.49. The van der Waals surface area contributed by atoms with Crippen LogP contribution in [-0.2, 0) is 6.18 Å². The maximum atomic E-state index is 12.8. The molecule has 0 amide bonds. The molecule has 0 saturated carbocycles. The lowest BCUT2D eigenvalue weighted by molar-refractivity contribution is -0.136. The van der Waals surface area contributed by atoms with Crippen molar-refractivity contribution in [3.63, 3.8) is 0 Å². The van der Waals surface area contributed by atoms with Gasteiger partial charge in [-0.3, -0.25) is 0 Å². The number of benzene rings is 1. The molecule has 0 radical (unpaired) electrons. The minimum Gasteiger partial charge on any atom is -0.340 e. The number of nitrogens with one attached hydrogen (secondary N) is 1. The van der Waals surface area contributed by atoms with Gasteiger partial charge in [0, 0.05) is 11.2 Å². The fraction of sp³-hybridized carbons (Fsp3) is 0.0833. The van der Waals surface area contributed by atoms with Gasteiger partial charge in [-0.05, 0) is 30.3 Å². The van der Waals surface area contributed by atoms with Crippen molar-refractivity contribution in [2.24, 2.45) is 0 Å². The summed E-state index contributed by atoms with van der Waals surface area (Å²) in [6.45, 7) is 0. The van der Waals surface area contributed by atoms with E-state index in [9.17, 15) is 13.2 Å². The smallest absolute Gasteiger partial charge is 0.340 e. The number of alkyl halides is 3. The van der Waals surface area contributed by atoms with E-state index in [4.69, 9.17) is 11.6 Å². The molecule has 2 rings (SSSR count). The molecular formula is C12H8ClF3N2. The zero-order chi connectivity index (χ0) is 13.2. The summed E-state index contributed by atoms with van der Waals surface area (Å²) in [6.07, 6.45) is -2.98. The van der Waals surface area contributed by atoms with E-state index in [0.29, 0.717) is 5.82 Å². The van der Waals surface area contributed by atoms with Crippen LogP contribution in [0.25, 0.3) is 0 Å². The highest BCUT2D eigenvalue weighted by Crippen LogP contribution is 2.37. The number of aromatic nitrogens is 1. The summed E-state index contributed by atoms with van der Waals surface area (Å²) >= 11 is 5.58. The van der Waals surface area contributed by atoms with E-state index in [2.05, 4.69) is 10.3 Å². The number of nitrogens with zero attached hydrogens (tertiary/aromatic N) is 1. The maximum absolute atomic E-state index is 12.8. The first-order valence-electron chi connectivity index (χ1n) is 5.01. The van der Waals surface area contributed by atoms with Gasteiger partial charge in [-0.15, -0.1) is 0 Å². The Kier molecular flexibility index (Phi) is 3.43. The summed E-state index contributed by atoms with van der Waals surface area (Å²) in [7, 11) is 0. The molecule has 1 aromatic carbocycles. The molecule has 0 aliphatic rings. The lowest BCUT2D eigenvalue weighted by atomic mass is 10.1. The topological polar surface area (TPSA) is 24.9 Å². The summed E-state index contributed by atoms with van der Waals surface area (Å²) in [4.78, 5) is 3.91. The van der Waals surface area contributed by atoms with Gasteiger partial charge < -0.3 is 5.32 Å². The van der Waals surface area contributed by atoms with Crippen molar-refractivity contribution in [2.75, 3.05) is 5.32 Å². The average molecular weight is 273 g/mol. The molecule has 2 nitrogen and oxygen atoms in total. The second-order valence-electron chi connectivity index (χ2n) is 3.53. The molecule has 0 fully saturated rings. The van der Waals surface area contributed by atoms with Crippen LogP contribution in [0.4, 0.5) is 24.7 Å². The van der Waals surface area contributed by atoms with E-state index in [1.807, 2.05) is 0 Å². The van der Waals surface area contributed by atoms with E-state index in [1.54, 1.807) is 18.2 Å². The maximum Gasteiger partial charge on any atom is 0.418 e. The van der Waals surface area contributed by atoms with Crippen molar-refractivity contribution in [1.29, 1.82) is 0 Å². The van der Waals surface area contributed by atoms with E-state index in [-0.39, 0.29) is 10.7 Å². The van der Waals surface area contributed by atoms with Crippen molar-refractivity contribution in [2.45, 2.75) is 6.18 Å². The number of hydrogen-bond donors (Lipinski definition) is 1. The highest BCUT2D eigenvalue weighted by atomic mass is 35.5. The number of anilines is 2. The average Bonchev–Trinajstić information content (AvgIpc) is 2.31. The van der Waals surface area contributed by atoms with Crippen LogP contribution < -0.4 is 5.32 Å². The second-order valence-corrected chi connectivity index (χ2v) is 3.96. The summed E-state index contributed by atoms with van der Waals surface area (Å²) in [5.74, 6) is 0.338. The molecule has 6 heteroatoms. The molecule has 0 saturated heterocycles. The first-order valence-corrected chi connectivity index (χ1v) is 5.39. The van der Waals surface area contributed by atoms with Gasteiger partial charge in [-0.25, -0.2) is 4.98 Å². The van der Waals surface area contributed by atoms with Crippen LogP contribution in [0, 0.1) is 0 Å². The SMILES string of the molecule is FC(F)(F)c1cc(Cl)ccc1Nc1ccccn1. The predicted octanol–water partition coefficient (Wildman–Crippen LogP) is 4.50. The molecule has 0 atom stereocenters. The molecule has 0 aliphatic heterocycles. The van der Waals surface area contributed by atoms with Gasteiger partial charge in [-0.2, -0.15) is 13.2 Å². The third kappa shape index (κ3) is 2.92. The van der Waals surface area contributed by atoms with Gasteiger partial charge in [0.25, 0.3) is 0 Å². The standard InChI is InChI=1S/C12H8ClF3N2/c13-8-4-5-10(9(7-8)12(14,15)16)18-11-3-1-2-6-17-11/h1-7H,(H,17,18). The molecular weight excluding hydrogens is 265 g/mol. The van der Waals surface area contributed by atoms with Crippen molar-refractivity contribution >= 4 is 23.1 Å². The lowest BCUT2D eigenvalue weighted by Gasteiger charge is -2.14. The molecule has 0 unspecified atom stereocenters. The molecule has 18 heavy (non-hydrogen) atoms. The van der Waals surface area contributed by atoms with Gasteiger partial charge in [0.15, 0.2) is 0 Å². The van der Waals surface area contributed by atoms with Crippen LogP contribution in [0.15, 0.2) is 42.6 Å². The summed E-state index contributed by atoms with van der Waals surface area (Å²) in [5.41, 5.74) is -0.897. The van der Waals surface area contributed by atoms with Gasteiger partial charge in [0.05, 0.1) is 11.3 Å². The van der Waals surface area contributed by atoms with Crippen LogP contribution in [0.5, 0.6) is 0 Å². The summed E-state index contributed by atoms with van der Waals surface area (Å²) in [5, 5.41) is 2.65. The van der Waals surface area contributed by atoms with Crippen LogP contribution in [0.3, 0.4) is 0 Å². The van der Waals surface area contributed by atoms with E-state index in [1.165, 1.54) is 18.3 Å². The molecule has 1 heterocycles. The minimum absolute atomic E-state index is 0.0360. The second kappa shape index (κ2) is 4.86. The Labute approximate surface area is 106 Å². The largest absolute Gasteiger partial charge is 0.418 e. The number of rotatable bonds is 2. The van der Waals surface area contributed by atoms with Crippen LogP contribution in [0.2, 0.25) is 5.02 Å². The fourth-order valence-corrected chi connectivity index (χ4v) is 1.61. The third-order valence-electron chi connectivity index (χ3n) is 2.21. The number of pyridine rings is 1. The number of halogens is 4.